The van der Waals surface area contributed by atoms with Gasteiger partial charge in [-0.25, -0.2) is 4.79 Å². The van der Waals surface area contributed by atoms with Crippen LogP contribution in [0.1, 0.15) is 70.3 Å². The number of amides is 8. The summed E-state index contributed by atoms with van der Waals surface area (Å²) in [5.41, 5.74) is 16.9. The van der Waals surface area contributed by atoms with Crippen LogP contribution < -0.4 is 65.1 Å². The van der Waals surface area contributed by atoms with Gasteiger partial charge in [0.1, 0.15) is 60.1 Å². The number of guanidine groups is 2. The van der Waals surface area contributed by atoms with E-state index in [-0.39, 0.29) is 76.3 Å². The SMILES string of the molecule is CSCC[C@H](NC(=O)[C@H](CCCNC(=N)N)NC(=O)[C@H](CS)NC(=O)[C@H](CCC(=O)O)NC(=O)[C@@H](NC(=O)[C@@H]1CCCN1C(=O)[C@H](Cc1ccc(O)cc1)NC(=O)[C@@H](N)CO)[C@@H](C)O)C(=O)N[C@@H](CCCNC(=N)N)C(=O)O. The number of aliphatic hydroxyl groups is 2. The van der Waals surface area contributed by atoms with Gasteiger partial charge in [-0.3, -0.25) is 54.0 Å². The molecule has 0 aliphatic carbocycles. The fraction of sp³-hybridized carbons (Fsp3) is 0.609. The minimum atomic E-state index is -1.82. The molecule has 32 heteroatoms. The molecule has 1 aliphatic rings. The van der Waals surface area contributed by atoms with Crippen molar-refractivity contribution >= 4 is 95.5 Å². The number of carboxylic acids is 2. The number of hydrogen-bond donors (Lipinski definition) is 20. The Morgan fingerprint density at radius 2 is 1.21 bits per heavy atom. The van der Waals surface area contributed by atoms with Crippen molar-refractivity contribution in [3.8, 4) is 5.75 Å². The number of nitrogens with one attached hydrogen (secondary N) is 11. The number of thioether (sulfide) groups is 1. The minimum Gasteiger partial charge on any atom is -0.508 e. The lowest BCUT2D eigenvalue weighted by Crippen LogP contribution is -2.62. The van der Waals surface area contributed by atoms with Crippen LogP contribution in [0.15, 0.2) is 24.3 Å². The van der Waals surface area contributed by atoms with Gasteiger partial charge >= 0.3 is 11.9 Å². The Hall–Kier alpha value is -7.16. The van der Waals surface area contributed by atoms with Crippen molar-refractivity contribution in [3.05, 3.63) is 29.8 Å². The summed E-state index contributed by atoms with van der Waals surface area (Å²) < 4.78 is 0. The molecule has 1 aliphatic heterocycles. The molecule has 8 amide bonds. The summed E-state index contributed by atoms with van der Waals surface area (Å²) >= 11 is 5.52. The first-order chi connectivity index (χ1) is 36.8. The highest BCUT2D eigenvalue weighted by Crippen LogP contribution is 2.21. The maximum Gasteiger partial charge on any atom is 0.326 e. The second-order valence-corrected chi connectivity index (χ2v) is 19.5. The number of carboxylic acid groups (broad SMARTS) is 2. The predicted octanol–water partition coefficient (Wildman–Crippen LogP) is -5.82. The van der Waals surface area contributed by atoms with Crippen LogP contribution in [-0.4, -0.2) is 206 Å². The molecule has 1 aromatic rings. The Bertz CT molecular complexity index is 2250. The number of rotatable bonds is 35. The van der Waals surface area contributed by atoms with Gasteiger partial charge in [0, 0.05) is 38.2 Å². The van der Waals surface area contributed by atoms with Crippen LogP contribution >= 0.6 is 24.4 Å². The monoisotopic (exact) mass is 1140 g/mol. The molecule has 30 nitrogen and oxygen atoms in total. The fourth-order valence-electron chi connectivity index (χ4n) is 7.76. The number of hydrogen-bond acceptors (Lipinski definition) is 18. The molecule has 0 aromatic heterocycles. The van der Waals surface area contributed by atoms with Crippen molar-refractivity contribution in [2.75, 3.05) is 44.0 Å². The Morgan fingerprint density at radius 1 is 0.718 bits per heavy atom. The number of likely N-dealkylation sites (tertiary alicyclic amines) is 1. The highest BCUT2D eigenvalue weighted by atomic mass is 32.2. The van der Waals surface area contributed by atoms with Crippen molar-refractivity contribution in [2.45, 2.75) is 132 Å². The summed E-state index contributed by atoms with van der Waals surface area (Å²) in [5, 5.41) is 86.2. The van der Waals surface area contributed by atoms with E-state index in [1.807, 2.05) is 0 Å². The zero-order valence-corrected chi connectivity index (χ0v) is 45.0. The molecule has 1 aromatic carbocycles. The van der Waals surface area contributed by atoms with Gasteiger partial charge in [-0.1, -0.05) is 12.1 Å². The quantitative estimate of drug-likeness (QED) is 0.0130. The Labute approximate surface area is 459 Å². The largest absolute Gasteiger partial charge is 0.508 e. The lowest BCUT2D eigenvalue weighted by Gasteiger charge is -2.31. The van der Waals surface area contributed by atoms with Crippen LogP contribution in [-0.2, 0) is 54.4 Å². The summed E-state index contributed by atoms with van der Waals surface area (Å²) in [6.45, 7) is 0.605. The molecule has 2 rings (SSSR count). The summed E-state index contributed by atoms with van der Waals surface area (Å²) in [4.78, 5) is 135. The molecule has 10 atom stereocenters. The van der Waals surface area contributed by atoms with Gasteiger partial charge < -0.3 is 95.5 Å². The molecule has 0 unspecified atom stereocenters. The maximum absolute atomic E-state index is 14.1. The number of aromatic hydroxyl groups is 1. The second kappa shape index (κ2) is 34.6. The molecule has 78 heavy (non-hydrogen) atoms. The number of nitrogens with zero attached hydrogens (tertiary/aromatic N) is 1. The van der Waals surface area contributed by atoms with Crippen LogP contribution in [0.25, 0.3) is 0 Å². The lowest BCUT2D eigenvalue weighted by atomic mass is 10.0. The first-order valence-electron chi connectivity index (χ1n) is 24.8. The fourth-order valence-corrected chi connectivity index (χ4v) is 8.49. The van der Waals surface area contributed by atoms with E-state index in [2.05, 4.69) is 60.5 Å². The van der Waals surface area contributed by atoms with Crippen LogP contribution in [0.3, 0.4) is 0 Å². The molecular weight excluding hydrogens is 1070 g/mol. The molecule has 0 radical (unpaired) electrons. The van der Waals surface area contributed by atoms with E-state index in [0.717, 1.165) is 11.8 Å². The summed E-state index contributed by atoms with van der Waals surface area (Å²) in [6, 6.07) is -7.53. The van der Waals surface area contributed by atoms with Gasteiger partial charge in [-0.15, -0.1) is 0 Å². The molecule has 0 spiro atoms. The van der Waals surface area contributed by atoms with Crippen LogP contribution in [0.4, 0.5) is 0 Å². The number of aliphatic carboxylic acids is 2. The predicted molar refractivity (Wildman–Crippen MR) is 286 cm³/mol. The van der Waals surface area contributed by atoms with E-state index in [0.29, 0.717) is 17.7 Å². The third kappa shape index (κ3) is 23.6. The smallest absolute Gasteiger partial charge is 0.326 e. The minimum absolute atomic E-state index is 0.0188. The average molecular weight is 1140 g/mol. The van der Waals surface area contributed by atoms with Gasteiger partial charge in [-0.2, -0.15) is 24.4 Å². The number of carbonyl (C=O) groups excluding carboxylic acids is 8. The maximum atomic E-state index is 14.1. The van der Waals surface area contributed by atoms with E-state index in [1.54, 1.807) is 6.26 Å². The molecule has 436 valence electrons. The van der Waals surface area contributed by atoms with E-state index >= 15 is 0 Å². The molecule has 0 saturated carbocycles. The van der Waals surface area contributed by atoms with Crippen LogP contribution in [0.2, 0.25) is 0 Å². The van der Waals surface area contributed by atoms with Gasteiger partial charge in [0.05, 0.1) is 12.7 Å². The standard InChI is InChI=1S/C46H75N15O15S2/c1-23(63)35(60-41(72)33-8-5-18-61(33)43(74)31(58-36(67)26(47)21-62)20-24-9-11-25(64)12-10-24)42(73)56-28(13-14-34(65)66)38(69)59-32(22-77)40(71)54-27(6-3-16-52-45(48)49)37(68)55-29(15-19-78-2)39(70)57-30(44(75)76)7-4-17-53-46(50)51/h9-12,23,26-33,35,62-64,77H,3-8,13-22,47H2,1-2H3,(H,54,71)(H,55,68)(H,56,73)(H,57,70)(H,58,67)(H,59,69)(H,60,72)(H,65,66)(H,75,76)(H4,48,49,52)(H4,50,51,53)/t23-,26+,27+,28+,29+,30+,31+,32+,33+,35+/m1/s1. The van der Waals surface area contributed by atoms with E-state index in [9.17, 15) is 73.5 Å². The van der Waals surface area contributed by atoms with Crippen molar-refractivity contribution in [1.29, 1.82) is 10.8 Å². The van der Waals surface area contributed by atoms with Crippen molar-refractivity contribution < 1.29 is 73.5 Å². The second-order valence-electron chi connectivity index (χ2n) is 18.1. The normalized spacial score (nSPS) is 16.4. The number of thiol groups is 1. The molecule has 0 bridgehead atoms. The Balaban J connectivity index is 2.34. The molecule has 1 saturated heterocycles. The topological polar surface area (TPSA) is 509 Å². The van der Waals surface area contributed by atoms with Gasteiger partial charge in [-0.05, 0) is 88.0 Å². The number of carbonyl (C=O) groups is 10. The van der Waals surface area contributed by atoms with E-state index < -0.39 is 151 Å². The third-order valence-electron chi connectivity index (χ3n) is 12.0. The third-order valence-corrected chi connectivity index (χ3v) is 13.0. The van der Waals surface area contributed by atoms with Gasteiger partial charge in [0.25, 0.3) is 0 Å². The average Bonchev–Trinajstić information content (AvgIpc) is 3.89. The number of benzene rings is 1. The summed E-state index contributed by atoms with van der Waals surface area (Å²) in [5.74, 6) is -11.3. The van der Waals surface area contributed by atoms with Crippen molar-refractivity contribution in [3.63, 3.8) is 0 Å². The molecular formula is C46H75N15O15S2. The first kappa shape index (κ1) is 67.0. The van der Waals surface area contributed by atoms with E-state index in [1.165, 1.54) is 36.0 Å². The van der Waals surface area contributed by atoms with Gasteiger partial charge in [0.2, 0.25) is 47.3 Å². The molecule has 1 fully saturated rings. The number of aliphatic hydroxyl groups excluding tert-OH is 2. The Morgan fingerprint density at radius 3 is 1.71 bits per heavy atom. The van der Waals surface area contributed by atoms with Crippen LogP contribution in [0.5, 0.6) is 5.75 Å². The lowest BCUT2D eigenvalue weighted by molar-refractivity contribution is -0.143. The highest BCUT2D eigenvalue weighted by Gasteiger charge is 2.41. The van der Waals surface area contributed by atoms with Gasteiger partial charge in [0.15, 0.2) is 11.9 Å². The Kier molecular flexibility index (Phi) is 29.7. The van der Waals surface area contributed by atoms with Crippen molar-refractivity contribution in [1.82, 2.24) is 52.8 Å². The van der Waals surface area contributed by atoms with E-state index in [4.69, 9.17) is 28.0 Å². The number of phenolic OH excluding ortho intramolecular Hbond substituents is 1. The first-order valence-corrected chi connectivity index (χ1v) is 26.8. The number of phenols is 1. The summed E-state index contributed by atoms with van der Waals surface area (Å²) in [6.07, 6.45) is -0.878. The molecule has 1 heterocycles. The van der Waals surface area contributed by atoms with Crippen molar-refractivity contribution in [2.24, 2.45) is 17.2 Å². The summed E-state index contributed by atoms with van der Waals surface area (Å²) in [7, 11) is 0. The zero-order valence-electron chi connectivity index (χ0n) is 43.2. The number of nitrogens with two attached hydrogens (primary N) is 3. The zero-order chi connectivity index (χ0) is 58.6. The highest BCUT2D eigenvalue weighted by molar-refractivity contribution is 7.98. The molecule has 22 N–H and O–H groups in total. The van der Waals surface area contributed by atoms with Crippen LogP contribution in [0, 0.1) is 10.8 Å².